The van der Waals surface area contributed by atoms with Crippen LogP contribution in [0, 0.1) is 0 Å². The van der Waals surface area contributed by atoms with E-state index in [1.165, 1.54) is 0 Å². The fraction of sp³-hybridized carbons (Fsp3) is 0.500. The molecule has 102 valence electrons. The van der Waals surface area contributed by atoms with Crippen LogP contribution >= 0.6 is 11.8 Å². The van der Waals surface area contributed by atoms with Gasteiger partial charge in [0.05, 0.1) is 18.8 Å². The molecule has 0 spiro atoms. The van der Waals surface area contributed by atoms with Crippen LogP contribution in [0.4, 0.5) is 5.69 Å². The maximum Gasteiger partial charge on any atom is 0.163 e. The Hall–Kier alpha value is -1.36. The number of hydrogen-bond acceptors (Lipinski definition) is 5. The summed E-state index contributed by atoms with van der Waals surface area (Å²) >= 11 is 1.75. The molecule has 2 aliphatic heterocycles. The van der Waals surface area contributed by atoms with Crippen LogP contribution in [-0.4, -0.2) is 29.7 Å². The highest BCUT2D eigenvalue weighted by atomic mass is 32.2. The number of ether oxygens (including phenoxy) is 2. The molecule has 0 atom stereocenters. The lowest BCUT2D eigenvalue weighted by molar-refractivity contribution is 0.297. The number of nitrogens with one attached hydrogen (secondary N) is 1. The molecule has 0 saturated heterocycles. The number of fused-ring (bicyclic) bond motifs is 1. The lowest BCUT2D eigenvalue weighted by atomic mass is 10.1. The third-order valence-corrected chi connectivity index (χ3v) is 4.28. The Morgan fingerprint density at radius 3 is 2.74 bits per heavy atom. The van der Waals surface area contributed by atoms with Gasteiger partial charge in [-0.25, -0.2) is 0 Å². The van der Waals surface area contributed by atoms with E-state index >= 15 is 0 Å². The summed E-state index contributed by atoms with van der Waals surface area (Å²) < 4.78 is 11.3. The molecular formula is C14H18N2O2S. The summed E-state index contributed by atoms with van der Waals surface area (Å²) in [5.74, 6) is 2.65. The van der Waals surface area contributed by atoms with E-state index in [2.05, 4.69) is 24.2 Å². The van der Waals surface area contributed by atoms with E-state index in [1.54, 1.807) is 11.8 Å². The second-order valence-corrected chi connectivity index (χ2v) is 6.32. The molecule has 19 heavy (non-hydrogen) atoms. The predicted molar refractivity (Wildman–Crippen MR) is 79.6 cm³/mol. The molecule has 0 amide bonds. The van der Waals surface area contributed by atoms with Gasteiger partial charge >= 0.3 is 0 Å². The van der Waals surface area contributed by atoms with Crippen molar-refractivity contribution >= 4 is 22.6 Å². The smallest absolute Gasteiger partial charge is 0.163 e. The molecule has 0 aliphatic carbocycles. The first-order valence-electron chi connectivity index (χ1n) is 6.52. The van der Waals surface area contributed by atoms with E-state index in [9.17, 15) is 0 Å². The number of rotatable bonds is 1. The molecule has 1 aromatic carbocycles. The van der Waals surface area contributed by atoms with E-state index in [1.807, 2.05) is 18.2 Å². The number of anilines is 1. The first-order valence-corrected chi connectivity index (χ1v) is 7.50. The first-order chi connectivity index (χ1) is 9.12. The summed E-state index contributed by atoms with van der Waals surface area (Å²) in [4.78, 5) is 4.64. The van der Waals surface area contributed by atoms with Gasteiger partial charge in [-0.1, -0.05) is 11.8 Å². The quantitative estimate of drug-likeness (QED) is 0.857. The summed E-state index contributed by atoms with van der Waals surface area (Å²) in [6.45, 7) is 5.71. The maximum atomic E-state index is 5.68. The first kappa shape index (κ1) is 12.7. The fourth-order valence-electron chi connectivity index (χ4n) is 2.01. The SMILES string of the molecule is CC1(C)CSC(Nc2ccc3c(c2)OCCCO3)=N1. The molecule has 3 rings (SSSR count). The van der Waals surface area contributed by atoms with Gasteiger partial charge in [-0.3, -0.25) is 4.99 Å². The van der Waals surface area contributed by atoms with Gasteiger partial charge in [0, 0.05) is 23.9 Å². The van der Waals surface area contributed by atoms with Gasteiger partial charge in [-0.05, 0) is 26.0 Å². The second kappa shape index (κ2) is 4.96. The lowest BCUT2D eigenvalue weighted by Gasteiger charge is -2.11. The van der Waals surface area contributed by atoms with Crippen molar-refractivity contribution in [2.75, 3.05) is 24.3 Å². The summed E-state index contributed by atoms with van der Waals surface area (Å²) in [6.07, 6.45) is 0.925. The molecule has 0 aromatic heterocycles. The number of nitrogens with zero attached hydrogens (tertiary/aromatic N) is 1. The minimum Gasteiger partial charge on any atom is -0.490 e. The minimum absolute atomic E-state index is 0.0261. The standard InChI is InChI=1S/C14H18N2O2S/c1-14(2)9-19-13(16-14)15-10-4-5-11-12(8-10)18-7-3-6-17-11/h4-5,8H,3,6-7,9H2,1-2H3,(H,15,16). The van der Waals surface area contributed by atoms with E-state index in [0.717, 1.165) is 41.1 Å². The van der Waals surface area contributed by atoms with E-state index in [-0.39, 0.29) is 5.54 Å². The molecule has 0 unspecified atom stereocenters. The molecule has 0 saturated carbocycles. The Morgan fingerprint density at radius 1 is 1.21 bits per heavy atom. The Kier molecular flexibility index (Phi) is 3.31. The van der Waals surface area contributed by atoms with Crippen LogP contribution in [0.25, 0.3) is 0 Å². The van der Waals surface area contributed by atoms with Gasteiger partial charge in [0.25, 0.3) is 0 Å². The molecule has 0 bridgehead atoms. The Morgan fingerprint density at radius 2 is 2.00 bits per heavy atom. The molecule has 0 radical (unpaired) electrons. The minimum atomic E-state index is 0.0261. The zero-order valence-corrected chi connectivity index (χ0v) is 12.0. The van der Waals surface area contributed by atoms with Crippen molar-refractivity contribution < 1.29 is 9.47 Å². The van der Waals surface area contributed by atoms with Gasteiger partial charge in [0.1, 0.15) is 0 Å². The predicted octanol–water partition coefficient (Wildman–Crippen LogP) is 3.14. The average Bonchev–Trinajstić information content (AvgIpc) is 2.59. The number of aliphatic imine (C=N–C) groups is 1. The monoisotopic (exact) mass is 278 g/mol. The zero-order chi connectivity index (χ0) is 13.3. The van der Waals surface area contributed by atoms with Gasteiger partial charge in [-0.15, -0.1) is 0 Å². The number of thioether (sulfide) groups is 1. The van der Waals surface area contributed by atoms with Crippen LogP contribution in [0.15, 0.2) is 23.2 Å². The fourth-order valence-corrected chi connectivity index (χ4v) is 3.07. The van der Waals surface area contributed by atoms with Crippen LogP contribution in [0.3, 0.4) is 0 Å². The van der Waals surface area contributed by atoms with Crippen LogP contribution < -0.4 is 14.8 Å². The molecule has 5 heteroatoms. The van der Waals surface area contributed by atoms with Crippen LogP contribution in [0.2, 0.25) is 0 Å². The molecule has 1 N–H and O–H groups in total. The molecule has 0 fully saturated rings. The number of benzene rings is 1. The van der Waals surface area contributed by atoms with Crippen LogP contribution in [0.1, 0.15) is 20.3 Å². The highest BCUT2D eigenvalue weighted by Crippen LogP contribution is 2.34. The Balaban J connectivity index is 1.77. The van der Waals surface area contributed by atoms with Gasteiger partial charge in [0.15, 0.2) is 16.7 Å². The van der Waals surface area contributed by atoms with Crippen molar-refractivity contribution in [3.05, 3.63) is 18.2 Å². The lowest BCUT2D eigenvalue weighted by Crippen LogP contribution is -2.15. The number of hydrogen-bond donors (Lipinski definition) is 1. The van der Waals surface area contributed by atoms with Gasteiger partial charge in [0.2, 0.25) is 0 Å². The molecule has 1 aromatic rings. The van der Waals surface area contributed by atoms with Crippen molar-refractivity contribution in [2.24, 2.45) is 4.99 Å². The summed E-state index contributed by atoms with van der Waals surface area (Å²) in [6, 6.07) is 5.94. The van der Waals surface area contributed by atoms with Gasteiger partial charge in [-0.2, -0.15) is 0 Å². The van der Waals surface area contributed by atoms with Crippen LogP contribution in [0.5, 0.6) is 11.5 Å². The van der Waals surface area contributed by atoms with E-state index in [0.29, 0.717) is 6.61 Å². The van der Waals surface area contributed by atoms with Crippen LogP contribution in [-0.2, 0) is 0 Å². The Bertz CT molecular complexity index is 514. The zero-order valence-electron chi connectivity index (χ0n) is 11.2. The summed E-state index contributed by atoms with van der Waals surface area (Å²) in [7, 11) is 0. The third kappa shape index (κ3) is 2.97. The second-order valence-electron chi connectivity index (χ2n) is 5.36. The largest absolute Gasteiger partial charge is 0.490 e. The van der Waals surface area contributed by atoms with Crippen molar-refractivity contribution in [3.63, 3.8) is 0 Å². The van der Waals surface area contributed by atoms with Gasteiger partial charge < -0.3 is 14.8 Å². The van der Waals surface area contributed by atoms with Crippen molar-refractivity contribution in [3.8, 4) is 11.5 Å². The summed E-state index contributed by atoms with van der Waals surface area (Å²) in [5, 5.41) is 4.32. The highest BCUT2D eigenvalue weighted by molar-refractivity contribution is 8.14. The molecule has 2 heterocycles. The van der Waals surface area contributed by atoms with Crippen molar-refractivity contribution in [1.29, 1.82) is 0 Å². The molecule has 2 aliphatic rings. The highest BCUT2D eigenvalue weighted by Gasteiger charge is 2.25. The van der Waals surface area contributed by atoms with Crippen molar-refractivity contribution in [2.45, 2.75) is 25.8 Å². The van der Waals surface area contributed by atoms with Crippen molar-refractivity contribution in [1.82, 2.24) is 0 Å². The summed E-state index contributed by atoms with van der Waals surface area (Å²) in [5.41, 5.74) is 1.02. The molecular weight excluding hydrogens is 260 g/mol. The third-order valence-electron chi connectivity index (χ3n) is 2.97. The normalized spacial score (nSPS) is 20.6. The topological polar surface area (TPSA) is 42.8 Å². The Labute approximate surface area is 117 Å². The maximum absolute atomic E-state index is 5.68. The van der Waals surface area contributed by atoms with E-state index in [4.69, 9.17) is 9.47 Å². The average molecular weight is 278 g/mol. The molecule has 4 nitrogen and oxygen atoms in total. The van der Waals surface area contributed by atoms with E-state index < -0.39 is 0 Å². The number of amidine groups is 1.